The molecule has 1 unspecified atom stereocenters. The number of carbonyl (C=O) groups is 1. The van der Waals surface area contributed by atoms with E-state index in [2.05, 4.69) is 22.0 Å². The second kappa shape index (κ2) is 5.17. The molecule has 1 aliphatic carbocycles. The number of hydrogen-bond donors (Lipinski definition) is 1. The standard InChI is InChI=1S/C14H25N3O/c1-11(12-9-15-10-12)14(18)17-7-5-16(6-8-17)13-3-2-4-13/h11-13,15H,2-10H2,1H3. The Morgan fingerprint density at radius 3 is 2.28 bits per heavy atom. The Hall–Kier alpha value is -0.610. The first-order chi connectivity index (χ1) is 8.75. The third kappa shape index (κ3) is 2.28. The van der Waals surface area contributed by atoms with Crippen molar-refractivity contribution in [3.63, 3.8) is 0 Å². The summed E-state index contributed by atoms with van der Waals surface area (Å²) in [6.07, 6.45) is 4.14. The number of hydrogen-bond acceptors (Lipinski definition) is 3. The van der Waals surface area contributed by atoms with E-state index in [0.29, 0.717) is 11.8 Å². The topological polar surface area (TPSA) is 35.6 Å². The number of piperazine rings is 1. The van der Waals surface area contributed by atoms with E-state index in [1.807, 2.05) is 0 Å². The van der Waals surface area contributed by atoms with Gasteiger partial charge in [0.05, 0.1) is 0 Å². The number of nitrogens with one attached hydrogen (secondary N) is 1. The molecule has 1 saturated carbocycles. The lowest BCUT2D eigenvalue weighted by atomic mass is 9.87. The number of amides is 1. The smallest absolute Gasteiger partial charge is 0.225 e. The molecule has 4 heteroatoms. The summed E-state index contributed by atoms with van der Waals surface area (Å²) in [4.78, 5) is 17.1. The van der Waals surface area contributed by atoms with Crippen LogP contribution in [-0.4, -0.2) is 61.0 Å². The zero-order valence-corrected chi connectivity index (χ0v) is 11.4. The molecule has 2 aliphatic heterocycles. The molecule has 3 fully saturated rings. The van der Waals surface area contributed by atoms with Gasteiger partial charge in [0.1, 0.15) is 0 Å². The minimum Gasteiger partial charge on any atom is -0.340 e. The van der Waals surface area contributed by atoms with Gasteiger partial charge in [0.25, 0.3) is 0 Å². The number of nitrogens with zero attached hydrogens (tertiary/aromatic N) is 2. The van der Waals surface area contributed by atoms with E-state index >= 15 is 0 Å². The van der Waals surface area contributed by atoms with Crippen LogP contribution in [0.2, 0.25) is 0 Å². The molecule has 1 amide bonds. The van der Waals surface area contributed by atoms with Gasteiger partial charge in [-0.1, -0.05) is 13.3 Å². The Kier molecular flexibility index (Phi) is 3.57. The van der Waals surface area contributed by atoms with Crippen LogP contribution >= 0.6 is 0 Å². The molecule has 4 nitrogen and oxygen atoms in total. The van der Waals surface area contributed by atoms with E-state index in [1.54, 1.807) is 0 Å². The van der Waals surface area contributed by atoms with Gasteiger partial charge in [-0.05, 0) is 31.8 Å². The predicted molar refractivity (Wildman–Crippen MR) is 71.3 cm³/mol. The summed E-state index contributed by atoms with van der Waals surface area (Å²) in [5.41, 5.74) is 0. The van der Waals surface area contributed by atoms with Crippen LogP contribution in [0, 0.1) is 11.8 Å². The molecule has 2 saturated heterocycles. The van der Waals surface area contributed by atoms with E-state index < -0.39 is 0 Å². The molecule has 0 radical (unpaired) electrons. The van der Waals surface area contributed by atoms with Crippen molar-refractivity contribution < 1.29 is 4.79 Å². The van der Waals surface area contributed by atoms with E-state index in [1.165, 1.54) is 19.3 Å². The molecule has 0 bridgehead atoms. The summed E-state index contributed by atoms with van der Waals surface area (Å²) >= 11 is 0. The normalized spacial score (nSPS) is 28.6. The molecule has 3 rings (SSSR count). The summed E-state index contributed by atoms with van der Waals surface area (Å²) in [5.74, 6) is 1.17. The zero-order chi connectivity index (χ0) is 12.5. The average Bonchev–Trinajstić information content (AvgIpc) is 2.24. The van der Waals surface area contributed by atoms with Gasteiger partial charge in [-0.25, -0.2) is 0 Å². The van der Waals surface area contributed by atoms with Crippen molar-refractivity contribution in [3.05, 3.63) is 0 Å². The highest BCUT2D eigenvalue weighted by Crippen LogP contribution is 2.26. The molecule has 0 aromatic rings. The van der Waals surface area contributed by atoms with Crippen molar-refractivity contribution >= 4 is 5.91 Å². The van der Waals surface area contributed by atoms with E-state index in [9.17, 15) is 4.79 Å². The van der Waals surface area contributed by atoms with Gasteiger partial charge in [-0.2, -0.15) is 0 Å². The number of carbonyl (C=O) groups excluding carboxylic acids is 1. The fraction of sp³-hybridized carbons (Fsp3) is 0.929. The quantitative estimate of drug-likeness (QED) is 0.795. The lowest BCUT2D eigenvalue weighted by Crippen LogP contribution is -2.56. The van der Waals surface area contributed by atoms with Crippen LogP contribution in [-0.2, 0) is 4.79 Å². The summed E-state index contributed by atoms with van der Waals surface area (Å²) in [6.45, 7) is 8.22. The monoisotopic (exact) mass is 251 g/mol. The molecule has 0 spiro atoms. The molecule has 3 aliphatic rings. The minimum absolute atomic E-state index is 0.210. The Morgan fingerprint density at radius 2 is 1.83 bits per heavy atom. The largest absolute Gasteiger partial charge is 0.340 e. The first-order valence-electron chi connectivity index (χ1n) is 7.49. The van der Waals surface area contributed by atoms with Crippen molar-refractivity contribution in [1.82, 2.24) is 15.1 Å². The molecule has 2 heterocycles. The van der Waals surface area contributed by atoms with Crippen molar-refractivity contribution in [2.45, 2.75) is 32.2 Å². The Morgan fingerprint density at radius 1 is 1.17 bits per heavy atom. The summed E-state index contributed by atoms with van der Waals surface area (Å²) in [6, 6.07) is 0.829. The second-order valence-corrected chi connectivity index (χ2v) is 6.15. The Balaban J connectivity index is 1.47. The maximum atomic E-state index is 12.4. The highest BCUT2D eigenvalue weighted by Gasteiger charge is 2.34. The van der Waals surface area contributed by atoms with Crippen LogP contribution in [0.25, 0.3) is 0 Å². The third-order valence-electron chi connectivity index (χ3n) is 5.13. The van der Waals surface area contributed by atoms with Crippen LogP contribution < -0.4 is 5.32 Å². The molecule has 0 aromatic carbocycles. The summed E-state index contributed by atoms with van der Waals surface area (Å²) < 4.78 is 0. The van der Waals surface area contributed by atoms with Crippen molar-refractivity contribution in [2.75, 3.05) is 39.3 Å². The fourth-order valence-corrected chi connectivity index (χ4v) is 3.21. The lowest BCUT2D eigenvalue weighted by molar-refractivity contribution is -0.139. The third-order valence-corrected chi connectivity index (χ3v) is 5.13. The minimum atomic E-state index is 0.210. The number of rotatable bonds is 3. The van der Waals surface area contributed by atoms with Gasteiger partial charge in [-0.15, -0.1) is 0 Å². The van der Waals surface area contributed by atoms with Crippen LogP contribution in [0.4, 0.5) is 0 Å². The van der Waals surface area contributed by atoms with Crippen LogP contribution in [0.3, 0.4) is 0 Å². The maximum absolute atomic E-state index is 12.4. The van der Waals surface area contributed by atoms with Crippen molar-refractivity contribution in [2.24, 2.45) is 11.8 Å². The molecular weight excluding hydrogens is 226 g/mol. The van der Waals surface area contributed by atoms with E-state index in [4.69, 9.17) is 0 Å². The molecule has 102 valence electrons. The van der Waals surface area contributed by atoms with Gasteiger partial charge in [0.2, 0.25) is 5.91 Å². The van der Waals surface area contributed by atoms with E-state index in [0.717, 1.165) is 45.3 Å². The van der Waals surface area contributed by atoms with Crippen LogP contribution in [0.15, 0.2) is 0 Å². The molecule has 18 heavy (non-hydrogen) atoms. The maximum Gasteiger partial charge on any atom is 0.225 e. The first kappa shape index (κ1) is 12.4. The lowest BCUT2D eigenvalue weighted by Gasteiger charge is -2.44. The second-order valence-electron chi connectivity index (χ2n) is 6.15. The van der Waals surface area contributed by atoms with Gasteiger partial charge in [0, 0.05) is 38.1 Å². The SMILES string of the molecule is CC(C(=O)N1CCN(C2CCC2)CC1)C1CNC1. The van der Waals surface area contributed by atoms with Crippen molar-refractivity contribution in [3.8, 4) is 0 Å². The van der Waals surface area contributed by atoms with Gasteiger partial charge < -0.3 is 10.2 Å². The highest BCUT2D eigenvalue weighted by atomic mass is 16.2. The molecule has 0 aromatic heterocycles. The van der Waals surface area contributed by atoms with Gasteiger partial charge >= 0.3 is 0 Å². The Labute approximate surface area is 110 Å². The predicted octanol–water partition coefficient (Wildman–Crippen LogP) is 0.539. The molecule has 1 atom stereocenters. The fourth-order valence-electron chi connectivity index (χ4n) is 3.21. The highest BCUT2D eigenvalue weighted by molar-refractivity contribution is 5.79. The zero-order valence-electron chi connectivity index (χ0n) is 11.4. The van der Waals surface area contributed by atoms with Gasteiger partial charge in [0.15, 0.2) is 0 Å². The molecular formula is C14H25N3O. The van der Waals surface area contributed by atoms with Crippen molar-refractivity contribution in [1.29, 1.82) is 0 Å². The summed E-state index contributed by atoms with van der Waals surface area (Å²) in [5, 5.41) is 3.26. The van der Waals surface area contributed by atoms with Crippen LogP contribution in [0.5, 0.6) is 0 Å². The molecule has 1 N–H and O–H groups in total. The first-order valence-corrected chi connectivity index (χ1v) is 7.49. The van der Waals surface area contributed by atoms with Gasteiger partial charge in [-0.3, -0.25) is 9.69 Å². The van der Waals surface area contributed by atoms with Crippen LogP contribution in [0.1, 0.15) is 26.2 Å². The summed E-state index contributed by atoms with van der Waals surface area (Å²) in [7, 11) is 0. The Bertz CT molecular complexity index is 304. The van der Waals surface area contributed by atoms with E-state index in [-0.39, 0.29) is 5.92 Å². The average molecular weight is 251 g/mol.